The van der Waals surface area contributed by atoms with Gasteiger partial charge in [-0.2, -0.15) is 0 Å². The Morgan fingerprint density at radius 3 is 2.71 bits per heavy atom. The van der Waals surface area contributed by atoms with Crippen molar-refractivity contribution in [1.82, 2.24) is 9.97 Å². The Kier molecular flexibility index (Phi) is 3.53. The molecule has 14 heavy (non-hydrogen) atoms. The summed E-state index contributed by atoms with van der Waals surface area (Å²) < 4.78 is 4.80. The van der Waals surface area contributed by atoms with Gasteiger partial charge in [-0.25, -0.2) is 4.79 Å². The molecule has 0 aliphatic rings. The summed E-state index contributed by atoms with van der Waals surface area (Å²) in [6.07, 6.45) is 2.49. The van der Waals surface area contributed by atoms with Crippen molar-refractivity contribution in [3.63, 3.8) is 0 Å². The van der Waals surface area contributed by atoms with Gasteiger partial charge in [-0.1, -0.05) is 0 Å². The lowest BCUT2D eigenvalue weighted by Crippen LogP contribution is -2.25. The van der Waals surface area contributed by atoms with Gasteiger partial charge in [-0.15, -0.1) is 0 Å². The van der Waals surface area contributed by atoms with Crippen LogP contribution >= 0.6 is 0 Å². The molecule has 0 saturated heterocycles. The molecule has 1 heterocycles. The van der Waals surface area contributed by atoms with Crippen LogP contribution in [0.3, 0.4) is 0 Å². The molecule has 0 aliphatic carbocycles. The third kappa shape index (κ3) is 2.50. The molecule has 0 fully saturated rings. The van der Waals surface area contributed by atoms with E-state index < -0.39 is 12.1 Å². The second-order valence-electron chi connectivity index (χ2n) is 2.86. The minimum atomic E-state index is -0.988. The Balaban J connectivity index is 2.77. The average molecular weight is 196 g/mol. The van der Waals surface area contributed by atoms with Crippen molar-refractivity contribution in [2.75, 3.05) is 7.11 Å². The van der Waals surface area contributed by atoms with E-state index in [2.05, 4.69) is 9.97 Å². The topological polar surface area (TPSA) is 72.3 Å². The minimum Gasteiger partial charge on any atom is -0.479 e. The van der Waals surface area contributed by atoms with E-state index in [1.807, 2.05) is 0 Å². The van der Waals surface area contributed by atoms with E-state index in [1.54, 1.807) is 13.1 Å². The Morgan fingerprint density at radius 1 is 1.57 bits per heavy atom. The summed E-state index contributed by atoms with van der Waals surface area (Å²) in [5.74, 6) is -0.988. The van der Waals surface area contributed by atoms with Crippen molar-refractivity contribution >= 4 is 5.97 Å². The normalized spacial score (nSPS) is 12.4. The van der Waals surface area contributed by atoms with E-state index in [0.29, 0.717) is 5.69 Å². The van der Waals surface area contributed by atoms with Crippen LogP contribution in [0.1, 0.15) is 11.4 Å². The Labute approximate surface area is 81.8 Å². The summed E-state index contributed by atoms with van der Waals surface area (Å²) in [6.45, 7) is 1.79. The molecule has 0 bridgehead atoms. The van der Waals surface area contributed by atoms with Crippen LogP contribution in [-0.2, 0) is 16.0 Å². The van der Waals surface area contributed by atoms with Gasteiger partial charge in [0.1, 0.15) is 0 Å². The summed E-state index contributed by atoms with van der Waals surface area (Å²) in [5, 5.41) is 8.75. The molecule has 0 aliphatic heterocycles. The van der Waals surface area contributed by atoms with Crippen molar-refractivity contribution in [2.45, 2.75) is 19.4 Å². The number of aliphatic carboxylic acids is 1. The molecule has 1 rings (SSSR count). The van der Waals surface area contributed by atoms with Gasteiger partial charge in [0, 0.05) is 25.9 Å². The molecular formula is C9H12N2O3. The zero-order valence-corrected chi connectivity index (χ0v) is 8.10. The van der Waals surface area contributed by atoms with Gasteiger partial charge >= 0.3 is 5.97 Å². The highest BCUT2D eigenvalue weighted by atomic mass is 16.5. The van der Waals surface area contributed by atoms with Crippen LogP contribution in [0.5, 0.6) is 0 Å². The van der Waals surface area contributed by atoms with Gasteiger partial charge in [0.2, 0.25) is 0 Å². The summed E-state index contributed by atoms with van der Waals surface area (Å²) in [7, 11) is 1.37. The number of carboxylic acid groups (broad SMARTS) is 1. The Morgan fingerprint density at radius 2 is 2.21 bits per heavy atom. The SMILES string of the molecule is COC(Cc1nccnc1C)C(=O)O. The predicted molar refractivity (Wildman–Crippen MR) is 48.9 cm³/mol. The lowest BCUT2D eigenvalue weighted by atomic mass is 10.1. The maximum Gasteiger partial charge on any atom is 0.333 e. The van der Waals surface area contributed by atoms with Gasteiger partial charge in [0.15, 0.2) is 6.10 Å². The number of ether oxygens (including phenoxy) is 1. The van der Waals surface area contributed by atoms with Crippen molar-refractivity contribution in [2.24, 2.45) is 0 Å². The summed E-state index contributed by atoms with van der Waals surface area (Å²) >= 11 is 0. The first kappa shape index (κ1) is 10.6. The number of nitrogens with zero attached hydrogens (tertiary/aromatic N) is 2. The van der Waals surface area contributed by atoms with E-state index in [1.165, 1.54) is 13.3 Å². The highest BCUT2D eigenvalue weighted by Crippen LogP contribution is 2.05. The predicted octanol–water partition coefficient (Wildman–Crippen LogP) is 0.427. The number of methoxy groups -OCH3 is 1. The number of carbonyl (C=O) groups is 1. The van der Waals surface area contributed by atoms with Gasteiger partial charge in [0.25, 0.3) is 0 Å². The lowest BCUT2D eigenvalue weighted by molar-refractivity contribution is -0.148. The number of rotatable bonds is 4. The summed E-state index contributed by atoms with van der Waals surface area (Å²) in [5.41, 5.74) is 1.39. The van der Waals surface area contributed by atoms with Crippen molar-refractivity contribution < 1.29 is 14.6 Å². The maximum absolute atomic E-state index is 10.7. The van der Waals surface area contributed by atoms with E-state index >= 15 is 0 Å². The third-order valence-corrected chi connectivity index (χ3v) is 1.92. The molecule has 5 heteroatoms. The van der Waals surface area contributed by atoms with Crippen LogP contribution < -0.4 is 0 Å². The molecule has 5 nitrogen and oxygen atoms in total. The van der Waals surface area contributed by atoms with Gasteiger partial charge in [-0.3, -0.25) is 9.97 Å². The number of hydrogen-bond donors (Lipinski definition) is 1. The first-order valence-corrected chi connectivity index (χ1v) is 4.17. The largest absolute Gasteiger partial charge is 0.479 e. The molecule has 1 atom stereocenters. The second-order valence-corrected chi connectivity index (χ2v) is 2.86. The quantitative estimate of drug-likeness (QED) is 0.755. The van der Waals surface area contributed by atoms with Gasteiger partial charge in [0.05, 0.1) is 11.4 Å². The first-order chi connectivity index (χ1) is 6.65. The molecule has 0 spiro atoms. The molecule has 76 valence electrons. The van der Waals surface area contributed by atoms with Gasteiger partial charge < -0.3 is 9.84 Å². The number of carboxylic acids is 1. The number of aromatic nitrogens is 2. The summed E-state index contributed by atoms with van der Waals surface area (Å²) in [6, 6.07) is 0. The monoisotopic (exact) mass is 196 g/mol. The molecule has 1 N–H and O–H groups in total. The highest BCUT2D eigenvalue weighted by Gasteiger charge is 2.18. The third-order valence-electron chi connectivity index (χ3n) is 1.92. The molecule has 0 aromatic carbocycles. The molecular weight excluding hydrogens is 184 g/mol. The maximum atomic E-state index is 10.7. The fourth-order valence-corrected chi connectivity index (χ4v) is 1.08. The van der Waals surface area contributed by atoms with Crippen LogP contribution in [0.15, 0.2) is 12.4 Å². The molecule has 1 aromatic rings. The van der Waals surface area contributed by atoms with E-state index in [4.69, 9.17) is 9.84 Å². The fraction of sp³-hybridized carbons (Fsp3) is 0.444. The molecule has 1 aromatic heterocycles. The van der Waals surface area contributed by atoms with Crippen molar-refractivity contribution in [1.29, 1.82) is 0 Å². The molecule has 1 unspecified atom stereocenters. The lowest BCUT2D eigenvalue weighted by Gasteiger charge is -2.10. The average Bonchev–Trinajstić information content (AvgIpc) is 2.16. The number of hydrogen-bond acceptors (Lipinski definition) is 4. The zero-order valence-electron chi connectivity index (χ0n) is 8.10. The minimum absolute atomic E-state index is 0.242. The first-order valence-electron chi connectivity index (χ1n) is 4.17. The van der Waals surface area contributed by atoms with Crippen molar-refractivity contribution in [3.05, 3.63) is 23.8 Å². The smallest absolute Gasteiger partial charge is 0.333 e. The standard InChI is InChI=1S/C9H12N2O3/c1-6-7(11-4-3-10-6)5-8(14-2)9(12)13/h3-4,8H,5H2,1-2H3,(H,12,13). The van der Waals surface area contributed by atoms with Crippen molar-refractivity contribution in [3.8, 4) is 0 Å². The fourth-order valence-electron chi connectivity index (χ4n) is 1.08. The van der Waals surface area contributed by atoms with Crippen LogP contribution in [0.2, 0.25) is 0 Å². The summed E-state index contributed by atoms with van der Waals surface area (Å²) in [4.78, 5) is 18.7. The Hall–Kier alpha value is -1.49. The molecule has 0 amide bonds. The molecule has 0 saturated carbocycles. The number of aryl methyl sites for hydroxylation is 1. The molecule has 0 radical (unpaired) electrons. The van der Waals surface area contributed by atoms with Crippen LogP contribution in [0.4, 0.5) is 0 Å². The van der Waals surface area contributed by atoms with E-state index in [-0.39, 0.29) is 6.42 Å². The van der Waals surface area contributed by atoms with Crippen LogP contribution in [-0.4, -0.2) is 34.3 Å². The zero-order chi connectivity index (χ0) is 10.6. The van der Waals surface area contributed by atoms with E-state index in [9.17, 15) is 4.79 Å². The highest BCUT2D eigenvalue weighted by molar-refractivity contribution is 5.72. The van der Waals surface area contributed by atoms with Gasteiger partial charge in [-0.05, 0) is 6.92 Å². The van der Waals surface area contributed by atoms with Crippen LogP contribution in [0, 0.1) is 6.92 Å². The van der Waals surface area contributed by atoms with E-state index in [0.717, 1.165) is 5.69 Å². The Bertz CT molecular complexity index is 328. The second kappa shape index (κ2) is 4.66. The van der Waals surface area contributed by atoms with Crippen LogP contribution in [0.25, 0.3) is 0 Å².